The van der Waals surface area contributed by atoms with E-state index in [1.165, 1.54) is 30.3 Å². The molecule has 0 bridgehead atoms. The molecule has 0 saturated heterocycles. The first-order chi connectivity index (χ1) is 8.11. The predicted octanol–water partition coefficient (Wildman–Crippen LogP) is 2.59. The second-order valence-electron chi connectivity index (χ2n) is 4.67. The number of nitrogens with zero attached hydrogens (tertiary/aromatic N) is 2. The number of hydrogen-bond donors (Lipinski definition) is 1. The van der Waals surface area contributed by atoms with Gasteiger partial charge in [0.1, 0.15) is 0 Å². The minimum atomic E-state index is -0.787. The maximum Gasteiger partial charge on any atom is 0.313 e. The van der Waals surface area contributed by atoms with Crippen LogP contribution in [0.5, 0.6) is 0 Å². The molecule has 1 aliphatic carbocycles. The Morgan fingerprint density at radius 1 is 1.65 bits per heavy atom. The van der Waals surface area contributed by atoms with Gasteiger partial charge in [0.15, 0.2) is 5.16 Å². The molecule has 0 aliphatic heterocycles. The van der Waals surface area contributed by atoms with E-state index in [0.717, 1.165) is 17.5 Å². The Labute approximate surface area is 105 Å². The monoisotopic (exact) mass is 254 g/mol. The maximum atomic E-state index is 10.6. The van der Waals surface area contributed by atoms with Crippen LogP contribution in [-0.4, -0.2) is 26.4 Å². The van der Waals surface area contributed by atoms with Gasteiger partial charge >= 0.3 is 5.97 Å². The summed E-state index contributed by atoms with van der Waals surface area (Å²) < 4.78 is 2.24. The molecule has 0 unspecified atom stereocenters. The van der Waals surface area contributed by atoms with Crippen LogP contribution in [0.15, 0.2) is 11.4 Å². The van der Waals surface area contributed by atoms with E-state index < -0.39 is 5.97 Å². The van der Waals surface area contributed by atoms with Crippen LogP contribution in [0.25, 0.3) is 0 Å². The molecule has 0 aromatic carbocycles. The number of carbonyl (C=O) groups is 1. The van der Waals surface area contributed by atoms with Crippen LogP contribution in [0.1, 0.15) is 38.4 Å². The van der Waals surface area contributed by atoms with Gasteiger partial charge in [-0.15, -0.1) is 0 Å². The Hall–Kier alpha value is -0.970. The Morgan fingerprint density at radius 2 is 2.35 bits per heavy atom. The summed E-state index contributed by atoms with van der Waals surface area (Å²) in [4.78, 5) is 15.0. The van der Waals surface area contributed by atoms with Crippen molar-refractivity contribution in [3.8, 4) is 0 Å². The lowest BCUT2D eigenvalue weighted by atomic mass is 9.81. The van der Waals surface area contributed by atoms with E-state index in [0.29, 0.717) is 6.04 Å². The number of hydrogen-bond acceptors (Lipinski definition) is 3. The predicted molar refractivity (Wildman–Crippen MR) is 67.4 cm³/mol. The summed E-state index contributed by atoms with van der Waals surface area (Å²) in [5.74, 6) is 0.0802. The van der Waals surface area contributed by atoms with Crippen molar-refractivity contribution >= 4 is 17.7 Å². The van der Waals surface area contributed by atoms with Crippen molar-refractivity contribution in [2.75, 3.05) is 5.75 Å². The second kappa shape index (κ2) is 5.12. The fraction of sp³-hybridized carbons (Fsp3) is 0.667. The standard InChI is InChI=1S/C12H18N2O2S/c1-3-9-6-13-12(17-7-11(15)16)14(9)10-4-8(2)5-10/h6,8,10H,3-5,7H2,1-2H3,(H,15,16). The third-order valence-electron chi connectivity index (χ3n) is 3.24. The molecule has 1 aromatic rings. The fourth-order valence-electron chi connectivity index (χ4n) is 2.33. The van der Waals surface area contributed by atoms with Crippen LogP contribution >= 0.6 is 11.8 Å². The van der Waals surface area contributed by atoms with Gasteiger partial charge < -0.3 is 9.67 Å². The van der Waals surface area contributed by atoms with Gasteiger partial charge in [0.05, 0.1) is 5.75 Å². The highest BCUT2D eigenvalue weighted by atomic mass is 32.2. The van der Waals surface area contributed by atoms with E-state index in [2.05, 4.69) is 23.4 Å². The Bertz CT molecular complexity index is 411. The van der Waals surface area contributed by atoms with E-state index >= 15 is 0 Å². The number of rotatable bonds is 5. The largest absolute Gasteiger partial charge is 0.481 e. The molecule has 17 heavy (non-hydrogen) atoms. The average Bonchev–Trinajstić information content (AvgIpc) is 2.64. The van der Waals surface area contributed by atoms with E-state index in [1.54, 1.807) is 0 Å². The molecule has 0 radical (unpaired) electrons. The zero-order valence-electron chi connectivity index (χ0n) is 10.2. The molecule has 0 spiro atoms. The molecule has 2 rings (SSSR count). The van der Waals surface area contributed by atoms with Gasteiger partial charge in [0.2, 0.25) is 0 Å². The van der Waals surface area contributed by atoms with Crippen LogP contribution in [0.3, 0.4) is 0 Å². The fourth-order valence-corrected chi connectivity index (χ4v) is 3.12. The van der Waals surface area contributed by atoms with Crippen LogP contribution < -0.4 is 0 Å². The molecule has 4 nitrogen and oxygen atoms in total. The number of imidazole rings is 1. The molecule has 0 amide bonds. The summed E-state index contributed by atoms with van der Waals surface area (Å²) >= 11 is 1.32. The van der Waals surface area contributed by atoms with Gasteiger partial charge in [-0.05, 0) is 25.2 Å². The number of carboxylic acid groups (broad SMARTS) is 1. The van der Waals surface area contributed by atoms with Crippen molar-refractivity contribution in [3.05, 3.63) is 11.9 Å². The van der Waals surface area contributed by atoms with Crippen molar-refractivity contribution in [2.45, 2.75) is 44.3 Å². The van der Waals surface area contributed by atoms with Crippen LogP contribution in [0.2, 0.25) is 0 Å². The molecule has 1 N–H and O–H groups in total. The first kappa shape index (κ1) is 12.5. The molecule has 1 fully saturated rings. The van der Waals surface area contributed by atoms with Gasteiger partial charge in [-0.2, -0.15) is 0 Å². The lowest BCUT2D eigenvalue weighted by molar-refractivity contribution is -0.133. The van der Waals surface area contributed by atoms with Crippen LogP contribution in [0.4, 0.5) is 0 Å². The molecular formula is C12H18N2O2S. The number of aliphatic carboxylic acids is 1. The van der Waals surface area contributed by atoms with Crippen molar-refractivity contribution in [1.82, 2.24) is 9.55 Å². The molecule has 1 aromatic heterocycles. The van der Waals surface area contributed by atoms with Crippen molar-refractivity contribution in [2.24, 2.45) is 5.92 Å². The molecule has 1 aliphatic rings. The Morgan fingerprint density at radius 3 is 2.88 bits per heavy atom. The second-order valence-corrected chi connectivity index (χ2v) is 5.61. The van der Waals surface area contributed by atoms with E-state index in [9.17, 15) is 4.79 Å². The smallest absolute Gasteiger partial charge is 0.313 e. The minimum Gasteiger partial charge on any atom is -0.481 e. The van der Waals surface area contributed by atoms with Gasteiger partial charge in [-0.3, -0.25) is 4.79 Å². The number of thioether (sulfide) groups is 1. The van der Waals surface area contributed by atoms with Gasteiger partial charge in [0.25, 0.3) is 0 Å². The maximum absolute atomic E-state index is 10.6. The van der Waals surface area contributed by atoms with Gasteiger partial charge in [-0.25, -0.2) is 4.98 Å². The first-order valence-corrected chi connectivity index (χ1v) is 7.01. The summed E-state index contributed by atoms with van der Waals surface area (Å²) in [5.41, 5.74) is 1.22. The van der Waals surface area contributed by atoms with E-state index in [4.69, 9.17) is 5.11 Å². The molecule has 5 heteroatoms. The quantitative estimate of drug-likeness (QED) is 0.821. The van der Waals surface area contributed by atoms with Gasteiger partial charge in [-0.1, -0.05) is 25.6 Å². The van der Waals surface area contributed by atoms with Crippen LogP contribution in [-0.2, 0) is 11.2 Å². The third-order valence-corrected chi connectivity index (χ3v) is 4.19. The molecular weight excluding hydrogens is 236 g/mol. The molecule has 94 valence electrons. The summed E-state index contributed by atoms with van der Waals surface area (Å²) in [6, 6.07) is 0.527. The van der Waals surface area contributed by atoms with Crippen molar-refractivity contribution in [1.29, 1.82) is 0 Å². The molecule has 1 heterocycles. The number of aromatic nitrogens is 2. The summed E-state index contributed by atoms with van der Waals surface area (Å²) in [5, 5.41) is 9.59. The summed E-state index contributed by atoms with van der Waals surface area (Å²) in [7, 11) is 0. The topological polar surface area (TPSA) is 55.1 Å². The number of carboxylic acids is 1. The highest BCUT2D eigenvalue weighted by Crippen LogP contribution is 2.40. The lowest BCUT2D eigenvalue weighted by Crippen LogP contribution is -2.26. The normalized spacial score (nSPS) is 23.4. The highest BCUT2D eigenvalue weighted by Gasteiger charge is 2.30. The van der Waals surface area contributed by atoms with Crippen molar-refractivity contribution in [3.63, 3.8) is 0 Å². The molecule has 1 saturated carbocycles. The molecule has 0 atom stereocenters. The summed E-state index contributed by atoms with van der Waals surface area (Å²) in [6.45, 7) is 4.37. The van der Waals surface area contributed by atoms with Gasteiger partial charge in [0, 0.05) is 17.9 Å². The average molecular weight is 254 g/mol. The van der Waals surface area contributed by atoms with Crippen molar-refractivity contribution < 1.29 is 9.90 Å². The first-order valence-electron chi connectivity index (χ1n) is 6.02. The summed E-state index contributed by atoms with van der Waals surface area (Å²) in [6.07, 6.45) is 5.20. The zero-order valence-corrected chi connectivity index (χ0v) is 11.0. The lowest BCUT2D eigenvalue weighted by Gasteiger charge is -2.35. The van der Waals surface area contributed by atoms with E-state index in [-0.39, 0.29) is 5.75 Å². The minimum absolute atomic E-state index is 0.0858. The Balaban J connectivity index is 2.14. The Kier molecular flexibility index (Phi) is 3.76. The number of aryl methyl sites for hydroxylation is 1. The zero-order chi connectivity index (χ0) is 12.4. The van der Waals surface area contributed by atoms with E-state index in [1.807, 2.05) is 6.20 Å². The SMILES string of the molecule is CCc1cnc(SCC(=O)O)n1C1CC(C)C1. The highest BCUT2D eigenvalue weighted by molar-refractivity contribution is 7.99. The van der Waals surface area contributed by atoms with Crippen LogP contribution in [0, 0.1) is 5.92 Å². The third kappa shape index (κ3) is 2.65.